The van der Waals surface area contributed by atoms with E-state index in [-0.39, 0.29) is 47.0 Å². The molecular formula is C37H43N3O6. The van der Waals surface area contributed by atoms with Gasteiger partial charge in [-0.15, -0.1) is 0 Å². The normalized spacial score (nSPS) is 21.7. The second-order valence-corrected chi connectivity index (χ2v) is 13.7. The molecule has 1 fully saturated rings. The van der Waals surface area contributed by atoms with Gasteiger partial charge >= 0.3 is 5.97 Å². The van der Waals surface area contributed by atoms with Crippen LogP contribution in [-0.4, -0.2) is 77.1 Å². The van der Waals surface area contributed by atoms with Gasteiger partial charge in [0, 0.05) is 37.0 Å². The van der Waals surface area contributed by atoms with Crippen LogP contribution in [0.2, 0.25) is 0 Å². The van der Waals surface area contributed by atoms with Gasteiger partial charge in [0.25, 0.3) is 0 Å². The van der Waals surface area contributed by atoms with Gasteiger partial charge in [0.2, 0.25) is 17.7 Å². The predicted octanol–water partition coefficient (Wildman–Crippen LogP) is 4.63. The maximum Gasteiger partial charge on any atom is 0.335 e. The van der Waals surface area contributed by atoms with Crippen molar-refractivity contribution in [2.75, 3.05) is 32.7 Å². The molecule has 1 saturated heterocycles. The molecule has 3 amide bonds. The summed E-state index contributed by atoms with van der Waals surface area (Å²) in [6, 6.07) is 16.9. The number of likely N-dealkylation sites (tertiary alicyclic amines) is 1. The van der Waals surface area contributed by atoms with Crippen molar-refractivity contribution in [2.45, 2.75) is 58.8 Å². The molecule has 0 spiro atoms. The first-order valence-corrected chi connectivity index (χ1v) is 15.9. The highest BCUT2D eigenvalue weighted by atomic mass is 16.4. The molecule has 2 aliphatic heterocycles. The highest BCUT2D eigenvalue weighted by Crippen LogP contribution is 2.55. The van der Waals surface area contributed by atoms with Gasteiger partial charge in [-0.2, -0.15) is 0 Å². The van der Waals surface area contributed by atoms with E-state index in [2.05, 4.69) is 38.2 Å². The molecule has 46 heavy (non-hydrogen) atoms. The Hall–Kier alpha value is -4.53. The molecule has 1 atom stereocenters. The minimum atomic E-state index is -0.948. The molecule has 0 saturated carbocycles. The summed E-state index contributed by atoms with van der Waals surface area (Å²) in [5, 5.41) is 11.9. The fourth-order valence-corrected chi connectivity index (χ4v) is 7.75. The fraction of sp³-hybridized carbons (Fsp3) is 0.432. The molecule has 2 heterocycles. The van der Waals surface area contributed by atoms with Crippen LogP contribution in [-0.2, 0) is 24.6 Å². The Balaban J connectivity index is 1.34. The molecule has 2 N–H and O–H groups in total. The standard InChI is InChI=1S/C37H43N3O6/c1-25(41)22-31(42)38-23-32(43)39-20-17-37(18-21-39,28-8-6-5-7-9-28)34(46)40-19-15-30-35(2,3)29(14-16-36(30,4)24-40)26-10-12-27(13-11-26)33(44)45/h5-15H,16-24H2,1-4H3,(H,38,42)(H,44,45)/t36-/m1/s1. The van der Waals surface area contributed by atoms with Crippen molar-refractivity contribution < 1.29 is 29.1 Å². The number of carbonyl (C=O) groups is 5. The Morgan fingerprint density at radius 2 is 1.52 bits per heavy atom. The monoisotopic (exact) mass is 625 g/mol. The maximum atomic E-state index is 14.7. The van der Waals surface area contributed by atoms with Crippen LogP contribution in [0.15, 0.2) is 72.3 Å². The molecule has 3 aliphatic rings. The molecule has 0 aromatic heterocycles. The second kappa shape index (κ2) is 12.7. The lowest BCUT2D eigenvalue weighted by Crippen LogP contribution is -2.57. The summed E-state index contributed by atoms with van der Waals surface area (Å²) >= 11 is 0. The number of carbonyl (C=O) groups excluding carboxylic acids is 4. The Labute approximate surface area is 270 Å². The highest BCUT2D eigenvalue weighted by Gasteiger charge is 2.50. The van der Waals surface area contributed by atoms with Gasteiger partial charge < -0.3 is 20.2 Å². The van der Waals surface area contributed by atoms with E-state index in [4.69, 9.17) is 0 Å². The zero-order valence-electron chi connectivity index (χ0n) is 27.1. The van der Waals surface area contributed by atoms with Crippen molar-refractivity contribution in [3.8, 4) is 0 Å². The number of amides is 3. The van der Waals surface area contributed by atoms with E-state index < -0.39 is 17.3 Å². The van der Waals surface area contributed by atoms with E-state index in [0.717, 1.165) is 23.1 Å². The first-order valence-electron chi connectivity index (χ1n) is 15.9. The molecule has 1 aliphatic carbocycles. The van der Waals surface area contributed by atoms with Crippen LogP contribution in [0, 0.1) is 10.8 Å². The topological polar surface area (TPSA) is 124 Å². The lowest BCUT2D eigenvalue weighted by atomic mass is 9.58. The lowest BCUT2D eigenvalue weighted by Gasteiger charge is -2.52. The number of hydrogen-bond acceptors (Lipinski definition) is 5. The van der Waals surface area contributed by atoms with Gasteiger partial charge in [-0.1, -0.05) is 81.0 Å². The molecule has 9 nitrogen and oxygen atoms in total. The number of nitrogens with zero attached hydrogens (tertiary/aromatic N) is 2. The molecule has 0 radical (unpaired) electrons. The zero-order chi connectivity index (χ0) is 33.3. The molecule has 0 unspecified atom stereocenters. The number of carboxylic acids is 1. The second-order valence-electron chi connectivity index (χ2n) is 13.7. The van der Waals surface area contributed by atoms with Gasteiger partial charge in [0.05, 0.1) is 23.9 Å². The number of benzene rings is 2. The number of rotatable bonds is 8. The van der Waals surface area contributed by atoms with Crippen LogP contribution in [0.4, 0.5) is 0 Å². The van der Waals surface area contributed by atoms with E-state index in [1.165, 1.54) is 12.5 Å². The number of ketones is 1. The van der Waals surface area contributed by atoms with Crippen LogP contribution >= 0.6 is 0 Å². The summed E-state index contributed by atoms with van der Waals surface area (Å²) in [7, 11) is 0. The summed E-state index contributed by atoms with van der Waals surface area (Å²) in [6.45, 7) is 9.60. The summed E-state index contributed by atoms with van der Waals surface area (Å²) in [5.74, 6) is -1.84. The average Bonchev–Trinajstić information content (AvgIpc) is 3.03. The summed E-state index contributed by atoms with van der Waals surface area (Å²) in [4.78, 5) is 65.8. The van der Waals surface area contributed by atoms with E-state index in [1.54, 1.807) is 17.0 Å². The number of aromatic carboxylic acids is 1. The quantitative estimate of drug-likeness (QED) is 0.326. The van der Waals surface area contributed by atoms with Crippen molar-refractivity contribution in [1.82, 2.24) is 15.1 Å². The van der Waals surface area contributed by atoms with Crippen molar-refractivity contribution in [3.63, 3.8) is 0 Å². The van der Waals surface area contributed by atoms with Crippen LogP contribution in [0.25, 0.3) is 5.57 Å². The summed E-state index contributed by atoms with van der Waals surface area (Å²) in [5.41, 5.74) is 3.27. The van der Waals surface area contributed by atoms with Crippen molar-refractivity contribution in [3.05, 3.63) is 89.0 Å². The molecule has 0 bridgehead atoms. The molecule has 242 valence electrons. The average molecular weight is 626 g/mol. The van der Waals surface area contributed by atoms with Gasteiger partial charge in [-0.25, -0.2) is 4.79 Å². The smallest absolute Gasteiger partial charge is 0.335 e. The van der Waals surface area contributed by atoms with E-state index in [1.807, 2.05) is 47.4 Å². The van der Waals surface area contributed by atoms with Crippen LogP contribution in [0.5, 0.6) is 0 Å². The number of fused-ring (bicyclic) bond motifs is 1. The lowest BCUT2D eigenvalue weighted by molar-refractivity contribution is -0.144. The molecular weight excluding hydrogens is 582 g/mol. The number of nitrogens with one attached hydrogen (secondary N) is 1. The number of Topliss-reactive ketones (excluding diaryl/α,β-unsaturated/α-hetero) is 1. The zero-order valence-corrected chi connectivity index (χ0v) is 27.1. The van der Waals surface area contributed by atoms with Gasteiger partial charge in [0.1, 0.15) is 5.78 Å². The number of allylic oxidation sites excluding steroid dienone is 2. The number of carboxylic acid groups (broad SMARTS) is 1. The predicted molar refractivity (Wildman–Crippen MR) is 175 cm³/mol. The van der Waals surface area contributed by atoms with Crippen molar-refractivity contribution in [2.24, 2.45) is 10.8 Å². The van der Waals surface area contributed by atoms with E-state index in [0.29, 0.717) is 39.0 Å². The van der Waals surface area contributed by atoms with Crippen LogP contribution < -0.4 is 5.32 Å². The van der Waals surface area contributed by atoms with Gasteiger partial charge in [-0.3, -0.25) is 19.2 Å². The van der Waals surface area contributed by atoms with Gasteiger partial charge in [0.15, 0.2) is 0 Å². The third-order valence-corrected chi connectivity index (χ3v) is 10.1. The minimum absolute atomic E-state index is 0.0638. The molecule has 5 rings (SSSR count). The number of hydrogen-bond donors (Lipinski definition) is 2. The van der Waals surface area contributed by atoms with Gasteiger partial charge in [-0.05, 0) is 55.0 Å². The van der Waals surface area contributed by atoms with Crippen LogP contribution in [0.1, 0.15) is 74.9 Å². The first-order chi connectivity index (χ1) is 21.8. The summed E-state index contributed by atoms with van der Waals surface area (Å²) in [6.07, 6.45) is 5.88. The Bertz CT molecular complexity index is 1600. The Morgan fingerprint density at radius 3 is 2.13 bits per heavy atom. The van der Waals surface area contributed by atoms with Crippen molar-refractivity contribution in [1.29, 1.82) is 0 Å². The SMILES string of the molecule is CC(=O)CC(=O)NCC(=O)N1CCC(C(=O)N2CC=C3C(C)(C)C(c4ccc(C(=O)O)cc4)=CC[C@]3(C)C2)(c2ccccc2)CC1. The fourth-order valence-electron chi connectivity index (χ4n) is 7.75. The third kappa shape index (κ3) is 6.28. The van der Waals surface area contributed by atoms with Crippen LogP contribution in [0.3, 0.4) is 0 Å². The first kappa shape index (κ1) is 32.9. The minimum Gasteiger partial charge on any atom is -0.478 e. The van der Waals surface area contributed by atoms with Crippen molar-refractivity contribution >= 4 is 35.0 Å². The third-order valence-electron chi connectivity index (χ3n) is 10.1. The summed E-state index contributed by atoms with van der Waals surface area (Å²) < 4.78 is 0. The Morgan fingerprint density at radius 1 is 0.870 bits per heavy atom. The maximum absolute atomic E-state index is 14.7. The van der Waals surface area contributed by atoms with E-state index >= 15 is 0 Å². The largest absolute Gasteiger partial charge is 0.478 e. The highest BCUT2D eigenvalue weighted by molar-refractivity contribution is 5.98. The molecule has 9 heteroatoms. The van der Waals surface area contributed by atoms with E-state index in [9.17, 15) is 29.1 Å². The molecule has 2 aromatic carbocycles. The molecule has 2 aromatic rings. The Kier molecular flexibility index (Phi) is 9.07. The number of piperidine rings is 1.